The Morgan fingerprint density at radius 1 is 1.30 bits per heavy atom. The molecule has 0 rings (SSSR count). The largest absolute Gasteiger partial charge is 0.460 e. The average molecular weight is 144 g/mol. The number of hydrogen-bond donors (Lipinski definition) is 1. The van der Waals surface area contributed by atoms with E-state index in [-0.39, 0.29) is 11.6 Å². The quantitative estimate of drug-likeness (QED) is 0.411. The Hall–Kier alpha value is -0.730. The van der Waals surface area contributed by atoms with Crippen LogP contribution in [0.25, 0.3) is 0 Å². The number of nitrogens with one attached hydrogen (secondary N) is 1. The van der Waals surface area contributed by atoms with Crippen molar-refractivity contribution in [1.29, 1.82) is 5.41 Å². The maximum absolute atomic E-state index is 7.30. The Bertz CT molecular complexity index is 124. The maximum Gasteiger partial charge on any atom is 0.284 e. The minimum Gasteiger partial charge on any atom is -0.460 e. The first-order valence-corrected chi connectivity index (χ1v) is 3.28. The summed E-state index contributed by atoms with van der Waals surface area (Å²) in [4.78, 5) is 1.63. The molecule has 3 heteroatoms. The molecule has 0 aromatic rings. The lowest BCUT2D eigenvalue weighted by Crippen LogP contribution is -2.32. The van der Waals surface area contributed by atoms with Crippen molar-refractivity contribution in [3.8, 4) is 0 Å². The molecule has 0 unspecified atom stereocenters. The van der Waals surface area contributed by atoms with Crippen LogP contribution >= 0.6 is 0 Å². The molecule has 0 aliphatic rings. The Morgan fingerprint density at radius 3 is 1.80 bits per heavy atom. The van der Waals surface area contributed by atoms with Crippen LogP contribution in [0.15, 0.2) is 0 Å². The molecule has 0 saturated heterocycles. The average Bonchev–Trinajstić information content (AvgIpc) is 1.60. The maximum atomic E-state index is 7.30. The predicted molar refractivity (Wildman–Crippen MR) is 42.3 cm³/mol. The fourth-order valence-corrected chi connectivity index (χ4v) is 0.381. The molecule has 0 aromatic carbocycles. The van der Waals surface area contributed by atoms with Crippen LogP contribution in [0.3, 0.4) is 0 Å². The van der Waals surface area contributed by atoms with E-state index in [0.717, 1.165) is 0 Å². The SMILES string of the molecule is CN(C)C(=N)OC(C)(C)C. The van der Waals surface area contributed by atoms with Crippen molar-refractivity contribution in [2.75, 3.05) is 14.1 Å². The zero-order valence-corrected chi connectivity index (χ0v) is 7.36. The molecule has 1 N–H and O–H groups in total. The van der Waals surface area contributed by atoms with Gasteiger partial charge in [0.25, 0.3) is 6.02 Å². The fraction of sp³-hybridized carbons (Fsp3) is 0.857. The normalized spacial score (nSPS) is 10.9. The minimum atomic E-state index is -0.263. The van der Waals surface area contributed by atoms with E-state index in [1.165, 1.54) is 0 Å². The predicted octanol–water partition coefficient (Wildman–Crippen LogP) is 1.30. The summed E-state index contributed by atoms with van der Waals surface area (Å²) < 4.78 is 5.21. The van der Waals surface area contributed by atoms with Gasteiger partial charge in [0.15, 0.2) is 0 Å². The summed E-state index contributed by atoms with van der Waals surface area (Å²) in [7, 11) is 3.57. The van der Waals surface area contributed by atoms with Crippen molar-refractivity contribution in [1.82, 2.24) is 4.90 Å². The Kier molecular flexibility index (Phi) is 2.69. The lowest BCUT2D eigenvalue weighted by molar-refractivity contribution is 0.0929. The number of rotatable bonds is 0. The van der Waals surface area contributed by atoms with Crippen LogP contribution in [0.2, 0.25) is 0 Å². The Balaban J connectivity index is 3.81. The van der Waals surface area contributed by atoms with Crippen LogP contribution < -0.4 is 0 Å². The highest BCUT2D eigenvalue weighted by molar-refractivity contribution is 5.69. The van der Waals surface area contributed by atoms with E-state index in [9.17, 15) is 0 Å². The summed E-state index contributed by atoms with van der Waals surface area (Å²) in [6.07, 6.45) is 0. The highest BCUT2D eigenvalue weighted by atomic mass is 16.5. The van der Waals surface area contributed by atoms with Gasteiger partial charge in [-0.25, -0.2) is 0 Å². The van der Waals surface area contributed by atoms with Crippen LogP contribution in [0.5, 0.6) is 0 Å². The third kappa shape index (κ3) is 4.18. The molecule has 0 radical (unpaired) electrons. The van der Waals surface area contributed by atoms with Gasteiger partial charge < -0.3 is 9.64 Å². The number of nitrogens with zero attached hydrogens (tertiary/aromatic N) is 1. The van der Waals surface area contributed by atoms with Gasteiger partial charge in [-0.05, 0) is 20.8 Å². The summed E-state index contributed by atoms with van der Waals surface area (Å²) in [5, 5.41) is 7.30. The molecular weight excluding hydrogens is 128 g/mol. The molecule has 0 atom stereocenters. The third-order valence-electron chi connectivity index (χ3n) is 0.809. The van der Waals surface area contributed by atoms with Gasteiger partial charge in [-0.2, -0.15) is 0 Å². The smallest absolute Gasteiger partial charge is 0.284 e. The summed E-state index contributed by atoms with van der Waals surface area (Å²) in [5.74, 6) is 0. The highest BCUT2D eigenvalue weighted by Crippen LogP contribution is 2.07. The van der Waals surface area contributed by atoms with E-state index in [0.29, 0.717) is 0 Å². The number of hydrogen-bond acceptors (Lipinski definition) is 2. The van der Waals surface area contributed by atoms with Gasteiger partial charge in [0.05, 0.1) is 0 Å². The summed E-state index contributed by atoms with van der Waals surface area (Å²) in [6.45, 7) is 5.76. The Labute approximate surface area is 62.5 Å². The second kappa shape index (κ2) is 2.90. The highest BCUT2D eigenvalue weighted by Gasteiger charge is 2.14. The van der Waals surface area contributed by atoms with Gasteiger partial charge in [-0.1, -0.05) is 0 Å². The lowest BCUT2D eigenvalue weighted by Gasteiger charge is -2.24. The molecule has 0 spiro atoms. The van der Waals surface area contributed by atoms with Crippen molar-refractivity contribution in [2.45, 2.75) is 26.4 Å². The molecule has 0 aromatic heterocycles. The summed E-state index contributed by atoms with van der Waals surface area (Å²) in [6, 6.07) is 0.201. The van der Waals surface area contributed by atoms with Crippen molar-refractivity contribution >= 4 is 6.02 Å². The third-order valence-corrected chi connectivity index (χ3v) is 0.809. The molecule has 0 aliphatic heterocycles. The van der Waals surface area contributed by atoms with Gasteiger partial charge in [-0.15, -0.1) is 0 Å². The molecule has 10 heavy (non-hydrogen) atoms. The molecule has 0 amide bonds. The zero-order chi connectivity index (χ0) is 8.36. The van der Waals surface area contributed by atoms with Gasteiger partial charge in [0.2, 0.25) is 0 Å². The van der Waals surface area contributed by atoms with E-state index < -0.39 is 0 Å². The first-order valence-electron chi connectivity index (χ1n) is 3.28. The van der Waals surface area contributed by atoms with Crippen LogP contribution in [0, 0.1) is 5.41 Å². The monoisotopic (exact) mass is 144 g/mol. The van der Waals surface area contributed by atoms with Gasteiger partial charge >= 0.3 is 0 Å². The molecular formula is C7H16N2O. The number of ether oxygens (including phenoxy) is 1. The molecule has 3 nitrogen and oxygen atoms in total. The van der Waals surface area contributed by atoms with Crippen molar-refractivity contribution in [3.05, 3.63) is 0 Å². The summed E-state index contributed by atoms with van der Waals surface area (Å²) >= 11 is 0. The van der Waals surface area contributed by atoms with Gasteiger partial charge in [-0.3, -0.25) is 5.41 Å². The van der Waals surface area contributed by atoms with Crippen LogP contribution in [0.4, 0.5) is 0 Å². The second-order valence-corrected chi connectivity index (χ2v) is 3.41. The first-order chi connectivity index (χ1) is 4.33. The molecule has 0 aliphatic carbocycles. The van der Waals surface area contributed by atoms with Crippen LogP contribution in [-0.4, -0.2) is 30.6 Å². The van der Waals surface area contributed by atoms with E-state index in [1.54, 1.807) is 19.0 Å². The molecule has 0 saturated carbocycles. The van der Waals surface area contributed by atoms with Crippen molar-refractivity contribution < 1.29 is 4.74 Å². The minimum absolute atomic E-state index is 0.201. The van der Waals surface area contributed by atoms with E-state index >= 15 is 0 Å². The van der Waals surface area contributed by atoms with Gasteiger partial charge in [0.1, 0.15) is 5.60 Å². The van der Waals surface area contributed by atoms with Crippen molar-refractivity contribution in [3.63, 3.8) is 0 Å². The first kappa shape index (κ1) is 9.27. The zero-order valence-electron chi connectivity index (χ0n) is 7.36. The van der Waals surface area contributed by atoms with Gasteiger partial charge in [0, 0.05) is 14.1 Å². The van der Waals surface area contributed by atoms with E-state index in [1.807, 2.05) is 20.8 Å². The summed E-state index contributed by atoms with van der Waals surface area (Å²) in [5.41, 5.74) is -0.263. The molecule has 0 bridgehead atoms. The molecule has 0 heterocycles. The number of amidine groups is 1. The Morgan fingerprint density at radius 2 is 1.70 bits per heavy atom. The second-order valence-electron chi connectivity index (χ2n) is 3.41. The molecule has 0 fully saturated rings. The van der Waals surface area contributed by atoms with Crippen LogP contribution in [0.1, 0.15) is 20.8 Å². The topological polar surface area (TPSA) is 36.3 Å². The molecule has 60 valence electrons. The van der Waals surface area contributed by atoms with Crippen LogP contribution in [-0.2, 0) is 4.74 Å². The fourth-order valence-electron chi connectivity index (χ4n) is 0.381. The standard InChI is InChI=1S/C7H16N2O/c1-7(2,3)10-6(8)9(4)5/h8H,1-5H3. The lowest BCUT2D eigenvalue weighted by atomic mass is 10.2. The van der Waals surface area contributed by atoms with E-state index in [2.05, 4.69) is 0 Å². The van der Waals surface area contributed by atoms with E-state index in [4.69, 9.17) is 10.1 Å². The van der Waals surface area contributed by atoms with Crippen molar-refractivity contribution in [2.24, 2.45) is 0 Å².